The number of nitrogens with zero attached hydrogens (tertiary/aromatic N) is 3. The van der Waals surface area contributed by atoms with Crippen molar-refractivity contribution in [2.45, 2.75) is 33.2 Å². The maximum absolute atomic E-state index is 12.1. The Labute approximate surface area is 118 Å². The number of amides is 1. The Bertz CT molecular complexity index is 550. The van der Waals surface area contributed by atoms with E-state index in [0.29, 0.717) is 6.54 Å². The highest BCUT2D eigenvalue weighted by Gasteiger charge is 2.38. The third-order valence-electron chi connectivity index (χ3n) is 4.14. The van der Waals surface area contributed by atoms with E-state index in [-0.39, 0.29) is 30.3 Å². The van der Waals surface area contributed by atoms with Gasteiger partial charge in [0, 0.05) is 31.3 Å². The van der Waals surface area contributed by atoms with E-state index in [1.807, 2.05) is 32.5 Å². The van der Waals surface area contributed by atoms with E-state index in [9.17, 15) is 9.59 Å². The third kappa shape index (κ3) is 2.30. The number of hydrogen-bond donors (Lipinski definition) is 0. The number of esters is 1. The van der Waals surface area contributed by atoms with Crippen LogP contribution in [-0.2, 0) is 21.4 Å². The summed E-state index contributed by atoms with van der Waals surface area (Å²) < 4.78 is 6.55. The molecule has 6 nitrogen and oxygen atoms in total. The smallest absolute Gasteiger partial charge is 0.310 e. The lowest BCUT2D eigenvalue weighted by Crippen LogP contribution is -2.30. The molecule has 1 aliphatic heterocycles. The number of carbonyl (C=O) groups is 2. The predicted molar refractivity (Wildman–Crippen MR) is 72.9 cm³/mol. The molecule has 110 valence electrons. The minimum absolute atomic E-state index is 0.00412. The van der Waals surface area contributed by atoms with Gasteiger partial charge in [-0.15, -0.1) is 0 Å². The molecule has 0 aromatic carbocycles. The summed E-state index contributed by atoms with van der Waals surface area (Å²) in [6.45, 7) is 6.33. The molecule has 2 atom stereocenters. The van der Waals surface area contributed by atoms with Crippen LogP contribution in [0.5, 0.6) is 0 Å². The maximum atomic E-state index is 12.1. The molecule has 0 radical (unpaired) electrons. The van der Waals surface area contributed by atoms with Crippen LogP contribution in [0.3, 0.4) is 0 Å². The van der Waals surface area contributed by atoms with Gasteiger partial charge in [0.25, 0.3) is 0 Å². The summed E-state index contributed by atoms with van der Waals surface area (Å²) in [5.41, 5.74) is 3.03. The van der Waals surface area contributed by atoms with Gasteiger partial charge in [-0.1, -0.05) is 0 Å². The first-order chi connectivity index (χ1) is 9.36. The van der Waals surface area contributed by atoms with Crippen LogP contribution < -0.4 is 0 Å². The van der Waals surface area contributed by atoms with Crippen LogP contribution in [-0.4, -0.2) is 40.2 Å². The monoisotopic (exact) mass is 279 g/mol. The van der Waals surface area contributed by atoms with E-state index in [0.717, 1.165) is 17.0 Å². The molecule has 0 saturated carbocycles. The van der Waals surface area contributed by atoms with E-state index < -0.39 is 0 Å². The van der Waals surface area contributed by atoms with E-state index >= 15 is 0 Å². The maximum Gasteiger partial charge on any atom is 0.310 e. The van der Waals surface area contributed by atoms with Gasteiger partial charge in [0.05, 0.1) is 24.8 Å². The van der Waals surface area contributed by atoms with Crippen LogP contribution in [0.4, 0.5) is 0 Å². The molecular weight excluding hydrogens is 258 g/mol. The zero-order valence-corrected chi connectivity index (χ0v) is 12.6. The van der Waals surface area contributed by atoms with Gasteiger partial charge in [0.2, 0.25) is 5.91 Å². The standard InChI is InChI=1S/C14H21N3O3/c1-8-13(9(2)16(4)15-8)10(3)17-7-11(6-12(17)18)14(19)20-5/h10-11H,6-7H2,1-5H3. The molecular formula is C14H21N3O3. The van der Waals surface area contributed by atoms with Gasteiger partial charge in [-0.05, 0) is 20.8 Å². The van der Waals surface area contributed by atoms with Gasteiger partial charge >= 0.3 is 5.97 Å². The molecule has 2 heterocycles. The van der Waals surface area contributed by atoms with Crippen molar-refractivity contribution in [2.75, 3.05) is 13.7 Å². The van der Waals surface area contributed by atoms with Crippen LogP contribution >= 0.6 is 0 Å². The van der Waals surface area contributed by atoms with Crippen LogP contribution in [0.1, 0.15) is 36.3 Å². The highest BCUT2D eigenvalue weighted by atomic mass is 16.5. The molecule has 2 rings (SSSR count). The first-order valence-electron chi connectivity index (χ1n) is 6.74. The molecule has 0 aliphatic carbocycles. The molecule has 0 bridgehead atoms. The molecule has 1 aliphatic rings. The Morgan fingerprint density at radius 1 is 1.45 bits per heavy atom. The SMILES string of the molecule is COC(=O)C1CC(=O)N(C(C)c2c(C)nn(C)c2C)C1. The molecule has 20 heavy (non-hydrogen) atoms. The number of methoxy groups -OCH3 is 1. The number of rotatable bonds is 3. The minimum atomic E-state index is -0.354. The fraction of sp³-hybridized carbons (Fsp3) is 0.643. The third-order valence-corrected chi connectivity index (χ3v) is 4.14. The number of ether oxygens (including phenoxy) is 1. The minimum Gasteiger partial charge on any atom is -0.469 e. The summed E-state index contributed by atoms with van der Waals surface area (Å²) in [5.74, 6) is -0.671. The Morgan fingerprint density at radius 2 is 2.10 bits per heavy atom. The molecule has 1 amide bonds. The molecule has 2 unspecified atom stereocenters. The van der Waals surface area contributed by atoms with Crippen LogP contribution in [0, 0.1) is 19.8 Å². The fourth-order valence-electron chi connectivity index (χ4n) is 2.98. The van der Waals surface area contributed by atoms with E-state index in [4.69, 9.17) is 4.74 Å². The van der Waals surface area contributed by atoms with Gasteiger partial charge in [-0.3, -0.25) is 14.3 Å². The second-order valence-electron chi connectivity index (χ2n) is 5.35. The number of aromatic nitrogens is 2. The lowest BCUT2D eigenvalue weighted by atomic mass is 10.1. The largest absolute Gasteiger partial charge is 0.469 e. The van der Waals surface area contributed by atoms with E-state index in [1.54, 1.807) is 4.90 Å². The van der Waals surface area contributed by atoms with Gasteiger partial charge in [-0.25, -0.2) is 0 Å². The van der Waals surface area contributed by atoms with Crippen molar-refractivity contribution < 1.29 is 14.3 Å². The van der Waals surface area contributed by atoms with Crippen LogP contribution in [0.25, 0.3) is 0 Å². The summed E-state index contributed by atoms with van der Waals surface area (Å²) in [5, 5.41) is 4.39. The molecule has 1 fully saturated rings. The lowest BCUT2D eigenvalue weighted by molar-refractivity contribution is -0.145. The number of aryl methyl sites for hydroxylation is 2. The van der Waals surface area contributed by atoms with E-state index in [2.05, 4.69) is 5.10 Å². The Morgan fingerprint density at radius 3 is 2.60 bits per heavy atom. The van der Waals surface area contributed by atoms with Crippen molar-refractivity contribution in [3.8, 4) is 0 Å². The van der Waals surface area contributed by atoms with Crippen molar-refractivity contribution in [3.05, 3.63) is 17.0 Å². The molecule has 0 N–H and O–H groups in total. The van der Waals surface area contributed by atoms with Gasteiger partial charge in [-0.2, -0.15) is 5.10 Å². The molecule has 6 heteroatoms. The Kier molecular flexibility index (Phi) is 3.83. The average molecular weight is 279 g/mol. The van der Waals surface area contributed by atoms with Gasteiger partial charge in [0.1, 0.15) is 0 Å². The molecule has 0 spiro atoms. The second kappa shape index (κ2) is 5.26. The first kappa shape index (κ1) is 14.6. The highest BCUT2D eigenvalue weighted by molar-refractivity contribution is 5.87. The average Bonchev–Trinajstić information content (AvgIpc) is 2.90. The summed E-state index contributed by atoms with van der Waals surface area (Å²) in [4.78, 5) is 25.5. The van der Waals surface area contributed by atoms with Crippen molar-refractivity contribution in [3.63, 3.8) is 0 Å². The number of carbonyl (C=O) groups excluding carboxylic acids is 2. The van der Waals surface area contributed by atoms with Crippen molar-refractivity contribution in [2.24, 2.45) is 13.0 Å². The zero-order chi connectivity index (χ0) is 15.0. The summed E-state index contributed by atoms with van der Waals surface area (Å²) in [6.07, 6.45) is 0.232. The quantitative estimate of drug-likeness (QED) is 0.778. The second-order valence-corrected chi connectivity index (χ2v) is 5.35. The number of hydrogen-bond acceptors (Lipinski definition) is 4. The summed E-state index contributed by atoms with van der Waals surface area (Å²) >= 11 is 0. The van der Waals surface area contributed by atoms with Crippen molar-refractivity contribution in [1.29, 1.82) is 0 Å². The van der Waals surface area contributed by atoms with Crippen molar-refractivity contribution in [1.82, 2.24) is 14.7 Å². The van der Waals surface area contributed by atoms with Crippen LogP contribution in [0.2, 0.25) is 0 Å². The topological polar surface area (TPSA) is 64.4 Å². The van der Waals surface area contributed by atoms with E-state index in [1.165, 1.54) is 7.11 Å². The zero-order valence-electron chi connectivity index (χ0n) is 12.6. The first-order valence-corrected chi connectivity index (χ1v) is 6.74. The molecule has 1 saturated heterocycles. The van der Waals surface area contributed by atoms with Gasteiger partial charge < -0.3 is 9.64 Å². The van der Waals surface area contributed by atoms with Crippen LogP contribution in [0.15, 0.2) is 0 Å². The summed E-state index contributed by atoms with van der Waals surface area (Å²) in [6, 6.07) is -0.0779. The normalized spacial score (nSPS) is 20.4. The number of likely N-dealkylation sites (tertiary alicyclic amines) is 1. The Balaban J connectivity index is 2.23. The lowest BCUT2D eigenvalue weighted by Gasteiger charge is -2.25. The fourth-order valence-corrected chi connectivity index (χ4v) is 2.98. The molecule has 1 aromatic rings. The summed E-state index contributed by atoms with van der Waals surface area (Å²) in [7, 11) is 3.25. The van der Waals surface area contributed by atoms with Gasteiger partial charge in [0.15, 0.2) is 0 Å². The predicted octanol–water partition coefficient (Wildman–Crippen LogP) is 1.12. The Hall–Kier alpha value is -1.85. The highest BCUT2D eigenvalue weighted by Crippen LogP contribution is 2.31. The molecule has 1 aromatic heterocycles. The van der Waals surface area contributed by atoms with Crippen molar-refractivity contribution >= 4 is 11.9 Å².